The molecule has 3 rings (SSSR count). The molecule has 18 heavy (non-hydrogen) atoms. The number of rotatable bonds is 1. The van der Waals surface area contributed by atoms with E-state index < -0.39 is 0 Å². The molecular formula is C12H14N4O2. The Hall–Kier alpha value is -1.82. The van der Waals surface area contributed by atoms with Crippen LogP contribution in [0.15, 0.2) is 11.2 Å². The number of nitrogens with zero attached hydrogens (tertiary/aromatic N) is 4. The maximum Gasteiger partial charge on any atom is 0.261 e. The van der Waals surface area contributed by atoms with Gasteiger partial charge in [0.15, 0.2) is 0 Å². The van der Waals surface area contributed by atoms with E-state index in [0.717, 1.165) is 17.1 Å². The molecule has 1 saturated heterocycles. The van der Waals surface area contributed by atoms with Crippen molar-refractivity contribution in [2.24, 2.45) is 11.0 Å². The number of aromatic nitrogens is 2. The monoisotopic (exact) mass is 246 g/mol. The number of hydrogen-bond donors (Lipinski definition) is 0. The van der Waals surface area contributed by atoms with Gasteiger partial charge in [-0.1, -0.05) is 0 Å². The Balaban J connectivity index is 1.97. The molecular weight excluding hydrogens is 232 g/mol. The topological polar surface area (TPSA) is 67.7 Å². The lowest BCUT2D eigenvalue weighted by Gasteiger charge is -2.17. The highest BCUT2D eigenvalue weighted by Crippen LogP contribution is 2.25. The predicted molar refractivity (Wildman–Crippen MR) is 65.4 cm³/mol. The highest BCUT2D eigenvalue weighted by molar-refractivity contribution is 6.15. The van der Waals surface area contributed by atoms with Gasteiger partial charge in [-0.15, -0.1) is 0 Å². The van der Waals surface area contributed by atoms with Gasteiger partial charge in [0.05, 0.1) is 18.9 Å². The Labute approximate surface area is 105 Å². The Kier molecular flexibility index (Phi) is 2.59. The number of anilines is 1. The molecule has 1 atom stereocenters. The van der Waals surface area contributed by atoms with Crippen molar-refractivity contribution in [1.29, 1.82) is 0 Å². The smallest absolute Gasteiger partial charge is 0.261 e. The van der Waals surface area contributed by atoms with E-state index in [-0.39, 0.29) is 11.8 Å². The minimum Gasteiger partial charge on any atom is -0.380 e. The van der Waals surface area contributed by atoms with Gasteiger partial charge in [0.25, 0.3) is 11.9 Å². The van der Waals surface area contributed by atoms with Crippen molar-refractivity contribution in [3.05, 3.63) is 17.5 Å². The Morgan fingerprint density at radius 3 is 2.72 bits per heavy atom. The van der Waals surface area contributed by atoms with Crippen LogP contribution in [0.5, 0.6) is 0 Å². The third kappa shape index (κ3) is 1.78. The highest BCUT2D eigenvalue weighted by atomic mass is 16.5. The van der Waals surface area contributed by atoms with Gasteiger partial charge in [-0.25, -0.2) is 9.97 Å². The van der Waals surface area contributed by atoms with Crippen molar-refractivity contribution in [1.82, 2.24) is 9.97 Å². The van der Waals surface area contributed by atoms with E-state index in [4.69, 9.17) is 4.74 Å². The van der Waals surface area contributed by atoms with Crippen molar-refractivity contribution in [2.45, 2.75) is 20.3 Å². The molecule has 3 heterocycles. The first kappa shape index (κ1) is 11.3. The molecule has 2 aliphatic heterocycles. The van der Waals surface area contributed by atoms with Crippen molar-refractivity contribution < 1.29 is 9.53 Å². The first-order valence-corrected chi connectivity index (χ1v) is 5.96. The summed E-state index contributed by atoms with van der Waals surface area (Å²) in [6.45, 7) is 4.80. The lowest BCUT2D eigenvalue weighted by atomic mass is 10.0. The van der Waals surface area contributed by atoms with E-state index in [0.29, 0.717) is 25.6 Å². The van der Waals surface area contributed by atoms with Crippen LogP contribution in [0.4, 0.5) is 5.95 Å². The number of carbonyl (C=O) groups excluding carboxylic acids is 1. The molecule has 6 nitrogen and oxygen atoms in total. The van der Waals surface area contributed by atoms with Gasteiger partial charge < -0.3 is 4.74 Å². The number of ether oxygens (including phenoxy) is 1. The van der Waals surface area contributed by atoms with E-state index in [1.165, 1.54) is 5.01 Å². The van der Waals surface area contributed by atoms with Crippen LogP contribution >= 0.6 is 0 Å². The van der Waals surface area contributed by atoms with Crippen LogP contribution in [0.3, 0.4) is 0 Å². The summed E-state index contributed by atoms with van der Waals surface area (Å²) in [6.07, 6.45) is 0.706. The molecule has 0 radical (unpaired) electrons. The third-order valence-electron chi connectivity index (χ3n) is 3.08. The van der Waals surface area contributed by atoms with Gasteiger partial charge in [0.1, 0.15) is 5.92 Å². The minimum absolute atomic E-state index is 0.0882. The number of amides is 1. The van der Waals surface area contributed by atoms with Gasteiger partial charge in [0, 0.05) is 17.8 Å². The number of fused-ring (bicyclic) bond motifs is 1. The van der Waals surface area contributed by atoms with Gasteiger partial charge in [-0.2, -0.15) is 10.1 Å². The molecule has 0 aromatic carbocycles. The molecule has 0 saturated carbocycles. The molecule has 1 aromatic heterocycles. The molecule has 0 bridgehead atoms. The molecule has 1 fully saturated rings. The molecule has 6 heteroatoms. The highest BCUT2D eigenvalue weighted by Gasteiger charge is 2.39. The van der Waals surface area contributed by atoms with Gasteiger partial charge in [0.2, 0.25) is 0 Å². The number of carbonyl (C=O) groups is 1. The lowest BCUT2D eigenvalue weighted by molar-refractivity contribution is -0.121. The van der Waals surface area contributed by atoms with Crippen LogP contribution in [-0.4, -0.2) is 34.8 Å². The van der Waals surface area contributed by atoms with Gasteiger partial charge >= 0.3 is 0 Å². The van der Waals surface area contributed by atoms with E-state index in [9.17, 15) is 4.79 Å². The molecule has 94 valence electrons. The largest absolute Gasteiger partial charge is 0.380 e. The van der Waals surface area contributed by atoms with Crippen molar-refractivity contribution >= 4 is 17.6 Å². The second-order valence-electron chi connectivity index (χ2n) is 4.57. The zero-order valence-electron chi connectivity index (χ0n) is 10.4. The fourth-order valence-electron chi connectivity index (χ4n) is 2.25. The number of aryl methyl sites for hydroxylation is 2. The average Bonchev–Trinajstić information content (AvgIpc) is 2.66. The van der Waals surface area contributed by atoms with E-state index in [1.807, 2.05) is 19.9 Å². The van der Waals surface area contributed by atoms with Crippen molar-refractivity contribution in [2.75, 3.05) is 18.2 Å². The van der Waals surface area contributed by atoms with Crippen molar-refractivity contribution in [3.8, 4) is 0 Å². The summed E-state index contributed by atoms with van der Waals surface area (Å²) >= 11 is 0. The summed E-state index contributed by atoms with van der Waals surface area (Å²) in [4.78, 5) is 20.8. The molecule has 0 aliphatic carbocycles. The molecule has 1 unspecified atom stereocenters. The van der Waals surface area contributed by atoms with Gasteiger partial charge in [-0.3, -0.25) is 4.79 Å². The Morgan fingerprint density at radius 2 is 2.06 bits per heavy atom. The van der Waals surface area contributed by atoms with Crippen LogP contribution in [-0.2, 0) is 9.53 Å². The fraction of sp³-hybridized carbons (Fsp3) is 0.500. The summed E-state index contributed by atoms with van der Waals surface area (Å²) in [5.41, 5.74) is 2.54. The normalized spacial score (nSPS) is 23.0. The standard InChI is InChI=1S/C12H14N4O2/c1-7-5-8(2)14-12(13-7)16-11(17)9-6-18-4-3-10(9)15-16/h5,9H,3-4,6H2,1-2H3. The number of hydrazone groups is 1. The summed E-state index contributed by atoms with van der Waals surface area (Å²) in [5, 5.41) is 5.65. The zero-order chi connectivity index (χ0) is 12.7. The molecule has 0 spiro atoms. The first-order valence-electron chi connectivity index (χ1n) is 5.96. The second kappa shape index (κ2) is 4.13. The summed E-state index contributed by atoms with van der Waals surface area (Å²) < 4.78 is 5.32. The van der Waals surface area contributed by atoms with E-state index in [2.05, 4.69) is 15.1 Å². The SMILES string of the molecule is Cc1cc(C)nc(N2N=C3CCOCC3C2=O)n1. The van der Waals surface area contributed by atoms with Crippen LogP contribution in [0.2, 0.25) is 0 Å². The molecule has 0 N–H and O–H groups in total. The van der Waals surface area contributed by atoms with Crippen LogP contribution in [0.25, 0.3) is 0 Å². The zero-order valence-corrected chi connectivity index (χ0v) is 10.4. The van der Waals surface area contributed by atoms with E-state index >= 15 is 0 Å². The minimum atomic E-state index is -0.247. The Morgan fingerprint density at radius 1 is 1.33 bits per heavy atom. The third-order valence-corrected chi connectivity index (χ3v) is 3.08. The summed E-state index contributed by atoms with van der Waals surface area (Å²) in [5.74, 6) is 0.0252. The predicted octanol–water partition coefficient (Wildman–Crippen LogP) is 0.833. The Bertz CT molecular complexity index is 521. The quantitative estimate of drug-likeness (QED) is 0.736. The van der Waals surface area contributed by atoms with E-state index in [1.54, 1.807) is 0 Å². The average molecular weight is 246 g/mol. The van der Waals surface area contributed by atoms with Crippen LogP contribution in [0.1, 0.15) is 17.8 Å². The van der Waals surface area contributed by atoms with Crippen LogP contribution in [0, 0.1) is 19.8 Å². The summed E-state index contributed by atoms with van der Waals surface area (Å²) in [6, 6.07) is 1.87. The van der Waals surface area contributed by atoms with Crippen molar-refractivity contribution in [3.63, 3.8) is 0 Å². The lowest BCUT2D eigenvalue weighted by Crippen LogP contribution is -2.34. The maximum absolute atomic E-state index is 12.2. The number of hydrogen-bond acceptors (Lipinski definition) is 5. The summed E-state index contributed by atoms with van der Waals surface area (Å²) in [7, 11) is 0. The molecule has 1 aromatic rings. The first-order chi connectivity index (χ1) is 8.65. The van der Waals surface area contributed by atoms with Gasteiger partial charge in [-0.05, 0) is 19.9 Å². The molecule has 2 aliphatic rings. The fourth-order valence-corrected chi connectivity index (χ4v) is 2.25. The molecule has 1 amide bonds. The van der Waals surface area contributed by atoms with Crippen LogP contribution < -0.4 is 5.01 Å². The second-order valence-corrected chi connectivity index (χ2v) is 4.57. The maximum atomic E-state index is 12.2.